The summed E-state index contributed by atoms with van der Waals surface area (Å²) in [4.78, 5) is 4.28. The van der Waals surface area contributed by atoms with Gasteiger partial charge >= 0.3 is 0 Å². The summed E-state index contributed by atoms with van der Waals surface area (Å²) in [7, 11) is 3.35. The highest BCUT2D eigenvalue weighted by Gasteiger charge is 2.04. The Balaban J connectivity index is 1.90. The number of hydrogen-bond acceptors (Lipinski definition) is 4. The van der Waals surface area contributed by atoms with Crippen molar-refractivity contribution in [3.05, 3.63) is 65.2 Å². The fraction of sp³-hybridized carbons (Fsp3) is 0.286. The Morgan fingerprint density at radius 3 is 2.69 bits per heavy atom. The summed E-state index contributed by atoms with van der Waals surface area (Å²) in [6, 6.07) is 15.6. The van der Waals surface area contributed by atoms with Crippen LogP contribution in [0.3, 0.4) is 0 Å². The Morgan fingerprint density at radius 2 is 1.92 bits per heavy atom. The lowest BCUT2D eigenvalue weighted by Gasteiger charge is -2.10. The van der Waals surface area contributed by atoms with Gasteiger partial charge in [0, 0.05) is 43.9 Å². The Bertz CT molecular complexity index is 791. The van der Waals surface area contributed by atoms with Crippen molar-refractivity contribution >= 4 is 11.5 Å². The van der Waals surface area contributed by atoms with Crippen molar-refractivity contribution < 1.29 is 9.47 Å². The van der Waals surface area contributed by atoms with Gasteiger partial charge in [-0.15, -0.1) is 0 Å². The fourth-order valence-corrected chi connectivity index (χ4v) is 2.41. The molecule has 136 valence electrons. The van der Waals surface area contributed by atoms with Gasteiger partial charge in [0.05, 0.1) is 6.61 Å². The molecule has 0 saturated heterocycles. The molecule has 2 aromatic rings. The van der Waals surface area contributed by atoms with Crippen molar-refractivity contribution in [1.29, 1.82) is 0 Å². The molecule has 0 aliphatic carbocycles. The van der Waals surface area contributed by atoms with Crippen molar-refractivity contribution in [2.24, 2.45) is 4.99 Å². The largest absolute Gasteiger partial charge is 0.398 e. The third-order valence-electron chi connectivity index (χ3n) is 3.68. The number of para-hydroxylation sites is 1. The van der Waals surface area contributed by atoms with Crippen molar-refractivity contribution in [2.45, 2.75) is 13.0 Å². The first-order valence-corrected chi connectivity index (χ1v) is 8.45. The molecule has 2 aromatic carbocycles. The highest BCUT2D eigenvalue weighted by atomic mass is 16.7. The van der Waals surface area contributed by atoms with Gasteiger partial charge in [0.15, 0.2) is 0 Å². The number of aliphatic imine (C=N–C) groups is 1. The van der Waals surface area contributed by atoms with Crippen LogP contribution < -0.4 is 11.1 Å². The molecule has 5 nitrogen and oxygen atoms in total. The monoisotopic (exact) mass is 351 g/mol. The lowest BCUT2D eigenvalue weighted by atomic mass is 10.1. The Hall–Kier alpha value is -2.81. The van der Waals surface area contributed by atoms with E-state index in [2.05, 4.69) is 22.2 Å². The van der Waals surface area contributed by atoms with Gasteiger partial charge in [-0.1, -0.05) is 42.2 Å². The van der Waals surface area contributed by atoms with Crippen LogP contribution in [0, 0.1) is 11.8 Å². The molecule has 26 heavy (non-hydrogen) atoms. The molecule has 0 radical (unpaired) electrons. The summed E-state index contributed by atoms with van der Waals surface area (Å²) in [6.45, 7) is 1.45. The standard InChI is InChI=1S/C21H25N3O2/c1-23-21(19-12-5-6-13-20(19)22)24-14-8-7-10-17-9-3-4-11-18(17)15-26-16-25-2/h3-6,9,11-13H,8,14-16,22H2,1-2H3,(H,23,24). The molecule has 0 aromatic heterocycles. The SMILES string of the molecule is CN=C(NCCC#Cc1ccccc1COCOC)c1ccccc1N. The number of nitrogens with one attached hydrogen (secondary N) is 1. The number of ether oxygens (including phenoxy) is 2. The zero-order valence-electron chi connectivity index (χ0n) is 15.3. The maximum atomic E-state index is 6.00. The minimum atomic E-state index is 0.271. The minimum Gasteiger partial charge on any atom is -0.398 e. The van der Waals surface area contributed by atoms with Gasteiger partial charge < -0.3 is 20.5 Å². The van der Waals surface area contributed by atoms with Crippen molar-refractivity contribution in [2.75, 3.05) is 33.2 Å². The van der Waals surface area contributed by atoms with Crippen LogP contribution in [0.25, 0.3) is 0 Å². The fourth-order valence-electron chi connectivity index (χ4n) is 2.41. The first-order valence-electron chi connectivity index (χ1n) is 8.45. The van der Waals surface area contributed by atoms with Crippen LogP contribution in [0.2, 0.25) is 0 Å². The molecular weight excluding hydrogens is 326 g/mol. The van der Waals surface area contributed by atoms with E-state index < -0.39 is 0 Å². The van der Waals surface area contributed by atoms with E-state index >= 15 is 0 Å². The van der Waals surface area contributed by atoms with Crippen molar-refractivity contribution in [3.63, 3.8) is 0 Å². The zero-order valence-corrected chi connectivity index (χ0v) is 15.3. The lowest BCUT2D eigenvalue weighted by molar-refractivity contribution is -0.0391. The van der Waals surface area contributed by atoms with E-state index in [1.54, 1.807) is 14.2 Å². The van der Waals surface area contributed by atoms with E-state index in [1.807, 2.05) is 48.5 Å². The number of anilines is 1. The van der Waals surface area contributed by atoms with E-state index in [0.717, 1.165) is 22.5 Å². The molecule has 5 heteroatoms. The van der Waals surface area contributed by atoms with Crippen LogP contribution in [0.5, 0.6) is 0 Å². The molecule has 3 N–H and O–H groups in total. The average molecular weight is 351 g/mol. The molecular formula is C21H25N3O2. The molecule has 0 bridgehead atoms. The second kappa shape index (κ2) is 10.9. The molecule has 0 atom stereocenters. The van der Waals surface area contributed by atoms with E-state index in [-0.39, 0.29) is 6.79 Å². The van der Waals surface area contributed by atoms with Crippen LogP contribution in [-0.4, -0.2) is 33.3 Å². The maximum Gasteiger partial charge on any atom is 0.146 e. The summed E-state index contributed by atoms with van der Waals surface area (Å²) in [5.74, 6) is 7.18. The molecule has 0 fully saturated rings. The van der Waals surface area contributed by atoms with Gasteiger partial charge in [0.25, 0.3) is 0 Å². The van der Waals surface area contributed by atoms with Crippen LogP contribution >= 0.6 is 0 Å². The summed E-state index contributed by atoms with van der Waals surface area (Å²) >= 11 is 0. The zero-order chi connectivity index (χ0) is 18.6. The Labute approximate surface area is 155 Å². The van der Waals surface area contributed by atoms with E-state index in [9.17, 15) is 0 Å². The molecule has 0 saturated carbocycles. The number of nitrogen functional groups attached to an aromatic ring is 1. The molecule has 0 heterocycles. The summed E-state index contributed by atoms with van der Waals surface area (Å²) in [5.41, 5.74) is 9.64. The molecule has 2 rings (SSSR count). The van der Waals surface area contributed by atoms with Gasteiger partial charge in [-0.05, 0) is 23.8 Å². The maximum absolute atomic E-state index is 6.00. The Morgan fingerprint density at radius 1 is 1.15 bits per heavy atom. The van der Waals surface area contributed by atoms with Crippen LogP contribution in [0.15, 0.2) is 53.5 Å². The van der Waals surface area contributed by atoms with Crippen LogP contribution in [-0.2, 0) is 16.1 Å². The number of methoxy groups -OCH3 is 1. The number of nitrogens with zero attached hydrogens (tertiary/aromatic N) is 1. The molecule has 0 aliphatic rings. The number of benzene rings is 2. The smallest absolute Gasteiger partial charge is 0.146 e. The highest BCUT2D eigenvalue weighted by molar-refractivity contribution is 6.02. The lowest BCUT2D eigenvalue weighted by Crippen LogP contribution is -2.26. The third kappa shape index (κ3) is 5.92. The van der Waals surface area contributed by atoms with Gasteiger partial charge in [0.1, 0.15) is 12.6 Å². The predicted molar refractivity (Wildman–Crippen MR) is 106 cm³/mol. The predicted octanol–water partition coefficient (Wildman–Crippen LogP) is 2.80. The van der Waals surface area contributed by atoms with Gasteiger partial charge in [-0.25, -0.2) is 0 Å². The van der Waals surface area contributed by atoms with Crippen molar-refractivity contribution in [3.8, 4) is 11.8 Å². The summed E-state index contributed by atoms with van der Waals surface area (Å²) < 4.78 is 10.3. The average Bonchev–Trinajstić information content (AvgIpc) is 2.67. The molecule has 0 amide bonds. The van der Waals surface area contributed by atoms with Gasteiger partial charge in [0.2, 0.25) is 0 Å². The second-order valence-electron chi connectivity index (χ2n) is 5.55. The van der Waals surface area contributed by atoms with E-state index in [0.29, 0.717) is 25.3 Å². The first-order chi connectivity index (χ1) is 12.8. The number of rotatable bonds is 7. The number of hydrogen-bond donors (Lipinski definition) is 2. The minimum absolute atomic E-state index is 0.271. The van der Waals surface area contributed by atoms with Gasteiger partial charge in [-0.2, -0.15) is 0 Å². The van der Waals surface area contributed by atoms with Gasteiger partial charge in [-0.3, -0.25) is 4.99 Å². The summed E-state index contributed by atoms with van der Waals surface area (Å²) in [5, 5.41) is 3.30. The first kappa shape index (κ1) is 19.5. The quantitative estimate of drug-likeness (QED) is 0.201. The summed E-state index contributed by atoms with van der Waals surface area (Å²) in [6.07, 6.45) is 0.693. The Kier molecular flexibility index (Phi) is 8.20. The van der Waals surface area contributed by atoms with Crippen LogP contribution in [0.4, 0.5) is 5.69 Å². The molecule has 0 unspecified atom stereocenters. The second-order valence-corrected chi connectivity index (χ2v) is 5.55. The topological polar surface area (TPSA) is 68.9 Å². The van der Waals surface area contributed by atoms with E-state index in [1.165, 1.54) is 0 Å². The van der Waals surface area contributed by atoms with Crippen molar-refractivity contribution in [1.82, 2.24) is 5.32 Å². The van der Waals surface area contributed by atoms with Crippen LogP contribution in [0.1, 0.15) is 23.1 Å². The molecule has 0 spiro atoms. The number of amidine groups is 1. The normalized spacial score (nSPS) is 10.9. The number of nitrogens with two attached hydrogens (primary N) is 1. The highest BCUT2D eigenvalue weighted by Crippen LogP contribution is 2.11. The molecule has 0 aliphatic heterocycles. The third-order valence-corrected chi connectivity index (χ3v) is 3.68. The van der Waals surface area contributed by atoms with E-state index in [4.69, 9.17) is 15.2 Å².